The Morgan fingerprint density at radius 1 is 1.09 bits per heavy atom. The second-order valence-electron chi connectivity index (χ2n) is 7.26. The number of aryl methyl sites for hydroxylation is 1. The predicted molar refractivity (Wildman–Crippen MR) is 117 cm³/mol. The molecule has 0 saturated heterocycles. The molecule has 5 rings (SSSR count). The molecule has 0 atom stereocenters. The number of fused-ring (bicyclic) bond motifs is 1. The van der Waals surface area contributed by atoms with Crippen LogP contribution in [0.25, 0.3) is 22.7 Å². The van der Waals surface area contributed by atoms with Crippen LogP contribution in [0.4, 0.5) is 10.1 Å². The minimum absolute atomic E-state index is 0.0221. The monoisotopic (exact) mass is 427 g/mol. The molecule has 0 aliphatic carbocycles. The Morgan fingerprint density at radius 3 is 2.81 bits per heavy atom. The Bertz CT molecular complexity index is 1440. The number of hydrogen-bond acceptors (Lipinski definition) is 5. The summed E-state index contributed by atoms with van der Waals surface area (Å²) in [5, 5.41) is 11.4. The molecule has 32 heavy (non-hydrogen) atoms. The number of benzene rings is 1. The molecule has 0 fully saturated rings. The minimum atomic E-state index is -0.489. The van der Waals surface area contributed by atoms with Crippen LogP contribution < -0.4 is 5.32 Å². The van der Waals surface area contributed by atoms with Crippen LogP contribution in [0.3, 0.4) is 0 Å². The van der Waals surface area contributed by atoms with Gasteiger partial charge in [0.05, 0.1) is 23.5 Å². The van der Waals surface area contributed by atoms with Gasteiger partial charge < -0.3 is 5.32 Å². The summed E-state index contributed by atoms with van der Waals surface area (Å²) >= 11 is 0. The number of halogens is 1. The van der Waals surface area contributed by atoms with E-state index < -0.39 is 5.82 Å². The summed E-state index contributed by atoms with van der Waals surface area (Å²) in [6.45, 7) is 1.90. The van der Waals surface area contributed by atoms with Crippen molar-refractivity contribution in [3.63, 3.8) is 0 Å². The highest BCUT2D eigenvalue weighted by Gasteiger charge is 2.16. The molecule has 1 N–H and O–H groups in total. The van der Waals surface area contributed by atoms with Gasteiger partial charge in [-0.2, -0.15) is 10.2 Å². The molecule has 5 aromatic rings. The third kappa shape index (κ3) is 3.83. The number of aromatic nitrogens is 6. The number of pyridine rings is 2. The zero-order chi connectivity index (χ0) is 22.1. The molecule has 158 valence electrons. The van der Waals surface area contributed by atoms with Crippen molar-refractivity contribution in [2.24, 2.45) is 0 Å². The van der Waals surface area contributed by atoms with Gasteiger partial charge >= 0.3 is 0 Å². The smallest absolute Gasteiger partial charge is 0.230 e. The van der Waals surface area contributed by atoms with E-state index >= 15 is 0 Å². The number of nitrogens with one attached hydrogen (secondary N) is 1. The lowest BCUT2D eigenvalue weighted by Crippen LogP contribution is -2.15. The van der Waals surface area contributed by atoms with E-state index in [2.05, 4.69) is 25.5 Å². The van der Waals surface area contributed by atoms with Crippen molar-refractivity contribution in [2.75, 3.05) is 5.32 Å². The van der Waals surface area contributed by atoms with Gasteiger partial charge in [-0.1, -0.05) is 18.2 Å². The van der Waals surface area contributed by atoms with Gasteiger partial charge in [0.2, 0.25) is 5.91 Å². The molecule has 4 aromatic heterocycles. The first-order chi connectivity index (χ1) is 15.6. The van der Waals surface area contributed by atoms with Crippen molar-refractivity contribution in [2.45, 2.75) is 13.3 Å². The molecule has 8 nitrogen and oxygen atoms in total. The highest BCUT2D eigenvalue weighted by atomic mass is 19.1. The van der Waals surface area contributed by atoms with Crippen LogP contribution in [0, 0.1) is 12.7 Å². The molecular formula is C23H18FN7O. The SMILES string of the molecule is Cc1cccc(-n2nc(CC(=O)Nc3ccccc3F)cc2-c2ccc3ncnn3c2)n1. The van der Waals surface area contributed by atoms with Crippen LogP contribution in [-0.4, -0.2) is 35.3 Å². The number of carbonyl (C=O) groups excluding carboxylic acids is 1. The molecule has 0 aliphatic heterocycles. The molecule has 0 saturated carbocycles. The van der Waals surface area contributed by atoms with Crippen molar-refractivity contribution < 1.29 is 9.18 Å². The highest BCUT2D eigenvalue weighted by Crippen LogP contribution is 2.24. The molecule has 0 unspecified atom stereocenters. The second kappa shape index (κ2) is 8.03. The van der Waals surface area contributed by atoms with Crippen LogP contribution in [0.1, 0.15) is 11.4 Å². The molecule has 1 aromatic carbocycles. The largest absolute Gasteiger partial charge is 0.323 e. The first-order valence-electron chi connectivity index (χ1n) is 9.94. The molecule has 0 spiro atoms. The average molecular weight is 427 g/mol. The minimum Gasteiger partial charge on any atom is -0.323 e. The Hall–Kier alpha value is -4.40. The standard InChI is InChI=1S/C23H18FN7O/c1-15-5-4-8-22(27-15)31-20(16-9-10-21-25-14-26-30(21)13-16)11-17(29-31)12-23(32)28-19-7-3-2-6-18(19)24/h2-11,13-14H,12H2,1H3,(H,28,32). The van der Waals surface area contributed by atoms with Gasteiger partial charge in [-0.3, -0.25) is 4.79 Å². The third-order valence-electron chi connectivity index (χ3n) is 4.91. The lowest BCUT2D eigenvalue weighted by atomic mass is 10.1. The van der Waals surface area contributed by atoms with Crippen molar-refractivity contribution in [3.8, 4) is 17.1 Å². The van der Waals surface area contributed by atoms with Crippen molar-refractivity contribution in [1.82, 2.24) is 29.4 Å². The van der Waals surface area contributed by atoms with Crippen LogP contribution in [-0.2, 0) is 11.2 Å². The summed E-state index contributed by atoms with van der Waals surface area (Å²) in [6.07, 6.45) is 3.30. The number of nitrogens with zero attached hydrogens (tertiary/aromatic N) is 6. The normalized spacial score (nSPS) is 11.1. The van der Waals surface area contributed by atoms with Crippen molar-refractivity contribution >= 4 is 17.2 Å². The topological polar surface area (TPSA) is 90.0 Å². The quantitative estimate of drug-likeness (QED) is 0.463. The van der Waals surface area contributed by atoms with Crippen LogP contribution in [0.5, 0.6) is 0 Å². The lowest BCUT2D eigenvalue weighted by molar-refractivity contribution is -0.115. The van der Waals surface area contributed by atoms with Gasteiger partial charge in [-0.25, -0.2) is 23.6 Å². The van der Waals surface area contributed by atoms with E-state index in [0.717, 1.165) is 22.6 Å². The summed E-state index contributed by atoms with van der Waals surface area (Å²) in [5.41, 5.74) is 3.80. The maximum absolute atomic E-state index is 13.9. The number of rotatable bonds is 5. The Labute approximate surface area is 182 Å². The number of para-hydroxylation sites is 1. The Balaban J connectivity index is 1.52. The fourth-order valence-corrected chi connectivity index (χ4v) is 3.43. The summed E-state index contributed by atoms with van der Waals surface area (Å²) in [4.78, 5) is 21.3. The predicted octanol–water partition coefficient (Wildman–Crippen LogP) is 3.61. The Morgan fingerprint density at radius 2 is 1.97 bits per heavy atom. The lowest BCUT2D eigenvalue weighted by Gasteiger charge is -2.07. The van der Waals surface area contributed by atoms with Crippen LogP contribution >= 0.6 is 0 Å². The van der Waals surface area contributed by atoms with Gasteiger partial charge in [0.1, 0.15) is 12.1 Å². The summed E-state index contributed by atoms with van der Waals surface area (Å²) < 4.78 is 17.2. The zero-order valence-electron chi connectivity index (χ0n) is 17.1. The molecule has 0 aliphatic rings. The number of amides is 1. The first-order valence-corrected chi connectivity index (χ1v) is 9.94. The number of carbonyl (C=O) groups is 1. The number of hydrogen-bond donors (Lipinski definition) is 1. The fourth-order valence-electron chi connectivity index (χ4n) is 3.43. The van der Waals surface area contributed by atoms with E-state index in [1.165, 1.54) is 18.5 Å². The average Bonchev–Trinajstić information content (AvgIpc) is 3.42. The second-order valence-corrected chi connectivity index (χ2v) is 7.26. The van der Waals surface area contributed by atoms with Gasteiger partial charge in [-0.15, -0.1) is 0 Å². The fraction of sp³-hybridized carbons (Fsp3) is 0.0870. The first kappa shape index (κ1) is 19.6. The molecule has 1 amide bonds. The summed E-state index contributed by atoms with van der Waals surface area (Å²) in [7, 11) is 0. The van der Waals surface area contributed by atoms with Crippen LogP contribution in [0.2, 0.25) is 0 Å². The third-order valence-corrected chi connectivity index (χ3v) is 4.91. The van der Waals surface area contributed by atoms with E-state index in [-0.39, 0.29) is 18.0 Å². The van der Waals surface area contributed by atoms with Gasteiger partial charge in [0, 0.05) is 17.5 Å². The molecule has 0 radical (unpaired) electrons. The van der Waals surface area contributed by atoms with Crippen molar-refractivity contribution in [1.29, 1.82) is 0 Å². The summed E-state index contributed by atoms with van der Waals surface area (Å²) in [5.74, 6) is -0.230. The maximum atomic E-state index is 13.9. The van der Waals surface area contributed by atoms with Gasteiger partial charge in [-0.05, 0) is 49.4 Å². The maximum Gasteiger partial charge on any atom is 0.230 e. The molecule has 4 heterocycles. The zero-order valence-corrected chi connectivity index (χ0v) is 17.1. The van der Waals surface area contributed by atoms with E-state index in [9.17, 15) is 9.18 Å². The van der Waals surface area contributed by atoms with Gasteiger partial charge in [0.25, 0.3) is 0 Å². The van der Waals surface area contributed by atoms with Crippen LogP contribution in [0.15, 0.2) is 73.2 Å². The van der Waals surface area contributed by atoms with Gasteiger partial charge in [0.15, 0.2) is 11.5 Å². The van der Waals surface area contributed by atoms with E-state index in [0.29, 0.717) is 11.5 Å². The Kier molecular flexibility index (Phi) is 4.91. The molecule has 9 heteroatoms. The van der Waals surface area contributed by atoms with Crippen molar-refractivity contribution in [3.05, 3.63) is 90.4 Å². The number of anilines is 1. The summed E-state index contributed by atoms with van der Waals surface area (Å²) in [6, 6.07) is 17.3. The molecule has 0 bridgehead atoms. The highest BCUT2D eigenvalue weighted by molar-refractivity contribution is 5.92. The van der Waals surface area contributed by atoms with E-state index in [1.807, 2.05) is 49.5 Å². The van der Waals surface area contributed by atoms with E-state index in [1.54, 1.807) is 21.3 Å². The molecular weight excluding hydrogens is 409 g/mol. The van der Waals surface area contributed by atoms with E-state index in [4.69, 9.17) is 0 Å².